The van der Waals surface area contributed by atoms with Crippen LogP contribution in [0.4, 0.5) is 0 Å². The number of Topliss-reactive ketones (excluding diaryl/α,β-unsaturated/α-hetero) is 1. The average molecular weight is 352 g/mol. The zero-order valence-corrected chi connectivity index (χ0v) is 15.6. The number of esters is 1. The van der Waals surface area contributed by atoms with Crippen LogP contribution in [-0.2, 0) is 9.53 Å². The van der Waals surface area contributed by atoms with Gasteiger partial charge in [-0.15, -0.1) is 0 Å². The normalized spacial score (nSPS) is 31.0. The number of methoxy groups -OCH3 is 1. The first-order chi connectivity index (χ1) is 12.7. The molecule has 0 aromatic heterocycles. The number of hydrogen-bond donors (Lipinski definition) is 0. The van der Waals surface area contributed by atoms with E-state index in [-0.39, 0.29) is 35.4 Å². The van der Waals surface area contributed by atoms with Gasteiger partial charge in [0, 0.05) is 11.5 Å². The minimum absolute atomic E-state index is 0.134. The Morgan fingerprint density at radius 2 is 1.42 bits per heavy atom. The number of carbonyl (C=O) groups is 2. The molecule has 1 aromatic rings. The molecule has 3 aliphatic carbocycles. The summed E-state index contributed by atoms with van der Waals surface area (Å²) in [7, 11) is 1.47. The van der Waals surface area contributed by atoms with E-state index >= 15 is 0 Å². The Morgan fingerprint density at radius 1 is 0.846 bits per heavy atom. The molecule has 0 radical (unpaired) electrons. The maximum atomic E-state index is 13.5. The monoisotopic (exact) mass is 352 g/mol. The predicted octanol–water partition coefficient (Wildman–Crippen LogP) is 4.97. The number of ketones is 1. The van der Waals surface area contributed by atoms with Crippen LogP contribution in [0.2, 0.25) is 0 Å². The van der Waals surface area contributed by atoms with Crippen LogP contribution in [-0.4, -0.2) is 18.9 Å². The number of benzene rings is 1. The molecule has 0 saturated heterocycles. The highest BCUT2D eigenvalue weighted by Gasteiger charge is 2.51. The molecule has 4 unspecified atom stereocenters. The molecule has 0 aliphatic heterocycles. The quantitative estimate of drug-likeness (QED) is 0.438. The summed E-state index contributed by atoms with van der Waals surface area (Å²) in [5.74, 6) is -0.187. The Balaban J connectivity index is 1.82. The van der Waals surface area contributed by atoms with E-state index in [1.807, 2.05) is 30.3 Å². The van der Waals surface area contributed by atoms with Gasteiger partial charge in [-0.25, -0.2) is 0 Å². The Labute approximate surface area is 155 Å². The lowest BCUT2D eigenvalue weighted by Gasteiger charge is -2.47. The lowest BCUT2D eigenvalue weighted by atomic mass is 9.56. The molecule has 3 nitrogen and oxygen atoms in total. The van der Waals surface area contributed by atoms with Gasteiger partial charge in [-0.05, 0) is 50.4 Å². The van der Waals surface area contributed by atoms with Crippen molar-refractivity contribution in [3.63, 3.8) is 0 Å². The number of rotatable bonds is 3. The van der Waals surface area contributed by atoms with Crippen LogP contribution in [0, 0.1) is 23.7 Å². The number of hydrogen-bond acceptors (Lipinski definition) is 3. The zero-order valence-electron chi connectivity index (χ0n) is 15.6. The molecule has 0 heterocycles. The topological polar surface area (TPSA) is 43.4 Å². The molecule has 0 amide bonds. The predicted molar refractivity (Wildman–Crippen MR) is 101 cm³/mol. The van der Waals surface area contributed by atoms with Gasteiger partial charge < -0.3 is 4.74 Å². The van der Waals surface area contributed by atoms with Gasteiger partial charge in [0.25, 0.3) is 0 Å². The number of fused-ring (bicyclic) bond motifs is 2. The minimum atomic E-state index is -0.310. The van der Waals surface area contributed by atoms with E-state index < -0.39 is 0 Å². The molecule has 2 fully saturated rings. The van der Waals surface area contributed by atoms with Gasteiger partial charge in [0.2, 0.25) is 0 Å². The third kappa shape index (κ3) is 2.91. The van der Waals surface area contributed by atoms with Gasteiger partial charge in [0.05, 0.1) is 13.0 Å². The lowest BCUT2D eigenvalue weighted by Crippen LogP contribution is -2.47. The molecule has 2 saturated carbocycles. The molecule has 0 bridgehead atoms. The van der Waals surface area contributed by atoms with Crippen LogP contribution in [0.5, 0.6) is 0 Å². The maximum Gasteiger partial charge on any atom is 0.310 e. The number of ether oxygens (including phenoxy) is 1. The smallest absolute Gasteiger partial charge is 0.310 e. The van der Waals surface area contributed by atoms with Crippen LogP contribution in [0.25, 0.3) is 0 Å². The van der Waals surface area contributed by atoms with Crippen molar-refractivity contribution in [1.29, 1.82) is 0 Å². The van der Waals surface area contributed by atoms with E-state index in [1.54, 1.807) is 0 Å². The second kappa shape index (κ2) is 7.38. The Kier molecular flexibility index (Phi) is 4.97. The Hall–Kier alpha value is -1.90. The van der Waals surface area contributed by atoms with Gasteiger partial charge in [0.1, 0.15) is 0 Å². The SMILES string of the molecule is COC(=O)C1C2CCCCC2=C2CCCCC2C1C(=O)c1ccccc1. The zero-order chi connectivity index (χ0) is 18.1. The van der Waals surface area contributed by atoms with Crippen LogP contribution < -0.4 is 0 Å². The largest absolute Gasteiger partial charge is 0.469 e. The summed E-state index contributed by atoms with van der Waals surface area (Å²) in [6.45, 7) is 0. The molecule has 3 aliphatic rings. The highest BCUT2D eigenvalue weighted by molar-refractivity contribution is 6.00. The summed E-state index contributed by atoms with van der Waals surface area (Å²) in [5.41, 5.74) is 3.76. The van der Waals surface area contributed by atoms with E-state index in [0.29, 0.717) is 0 Å². The maximum absolute atomic E-state index is 13.5. The molecular weight excluding hydrogens is 324 g/mol. The summed E-state index contributed by atoms with van der Waals surface area (Å²) in [6, 6.07) is 9.53. The molecule has 26 heavy (non-hydrogen) atoms. The fourth-order valence-corrected chi connectivity index (χ4v) is 5.76. The summed E-state index contributed by atoms with van der Waals surface area (Å²) in [5, 5.41) is 0. The second-order valence-corrected chi connectivity index (χ2v) is 8.06. The molecule has 138 valence electrons. The third-order valence-electron chi connectivity index (χ3n) is 6.82. The fraction of sp³-hybridized carbons (Fsp3) is 0.565. The molecule has 4 atom stereocenters. The van der Waals surface area contributed by atoms with E-state index in [0.717, 1.165) is 44.1 Å². The van der Waals surface area contributed by atoms with E-state index in [4.69, 9.17) is 4.74 Å². The molecule has 1 aromatic carbocycles. The molecule has 4 rings (SSSR count). The number of carbonyl (C=O) groups excluding carboxylic acids is 2. The van der Waals surface area contributed by atoms with Crippen molar-refractivity contribution < 1.29 is 14.3 Å². The highest BCUT2D eigenvalue weighted by Crippen LogP contribution is 2.53. The van der Waals surface area contributed by atoms with Crippen molar-refractivity contribution in [1.82, 2.24) is 0 Å². The molecule has 0 spiro atoms. The first kappa shape index (κ1) is 17.5. The van der Waals surface area contributed by atoms with E-state index in [1.165, 1.54) is 31.1 Å². The standard InChI is InChI=1S/C23H28O3/c1-26-23(25)21-19-14-8-6-12-17(19)16-11-5-7-13-18(16)20(21)22(24)15-9-3-2-4-10-15/h2-4,9-10,18-21H,5-8,11-14H2,1H3. The summed E-state index contributed by atoms with van der Waals surface area (Å²) >= 11 is 0. The van der Waals surface area contributed by atoms with Crippen molar-refractivity contribution in [2.45, 2.75) is 51.4 Å². The van der Waals surface area contributed by atoms with Crippen LogP contribution in [0.1, 0.15) is 61.7 Å². The first-order valence-corrected chi connectivity index (χ1v) is 10.1. The van der Waals surface area contributed by atoms with E-state index in [9.17, 15) is 9.59 Å². The van der Waals surface area contributed by atoms with Crippen LogP contribution in [0.15, 0.2) is 41.5 Å². The van der Waals surface area contributed by atoms with Crippen LogP contribution in [0.3, 0.4) is 0 Å². The van der Waals surface area contributed by atoms with Crippen molar-refractivity contribution in [3.05, 3.63) is 47.0 Å². The second-order valence-electron chi connectivity index (χ2n) is 8.06. The van der Waals surface area contributed by atoms with Crippen molar-refractivity contribution >= 4 is 11.8 Å². The van der Waals surface area contributed by atoms with Gasteiger partial charge in [-0.1, -0.05) is 54.3 Å². The lowest BCUT2D eigenvalue weighted by molar-refractivity contribution is -0.150. The van der Waals surface area contributed by atoms with Gasteiger partial charge in [0.15, 0.2) is 5.78 Å². The highest BCUT2D eigenvalue weighted by atomic mass is 16.5. The third-order valence-corrected chi connectivity index (χ3v) is 6.82. The molecule has 3 heteroatoms. The van der Waals surface area contributed by atoms with E-state index in [2.05, 4.69) is 0 Å². The summed E-state index contributed by atoms with van der Waals surface area (Å²) in [6.07, 6.45) is 9.00. The van der Waals surface area contributed by atoms with Crippen molar-refractivity contribution in [2.24, 2.45) is 23.7 Å². The molecule has 0 N–H and O–H groups in total. The molecular formula is C23H28O3. The number of allylic oxidation sites excluding steroid dienone is 2. The Bertz CT molecular complexity index is 718. The Morgan fingerprint density at radius 3 is 2.00 bits per heavy atom. The van der Waals surface area contributed by atoms with Crippen molar-refractivity contribution in [3.8, 4) is 0 Å². The van der Waals surface area contributed by atoms with Gasteiger partial charge in [-0.2, -0.15) is 0 Å². The fourth-order valence-electron chi connectivity index (χ4n) is 5.76. The van der Waals surface area contributed by atoms with Crippen molar-refractivity contribution in [2.75, 3.05) is 7.11 Å². The van der Waals surface area contributed by atoms with Gasteiger partial charge in [-0.3, -0.25) is 9.59 Å². The average Bonchev–Trinajstić information content (AvgIpc) is 2.72. The minimum Gasteiger partial charge on any atom is -0.469 e. The summed E-state index contributed by atoms with van der Waals surface area (Å²) in [4.78, 5) is 26.4. The first-order valence-electron chi connectivity index (χ1n) is 10.1. The summed E-state index contributed by atoms with van der Waals surface area (Å²) < 4.78 is 5.22. The van der Waals surface area contributed by atoms with Gasteiger partial charge >= 0.3 is 5.97 Å². The van der Waals surface area contributed by atoms with Crippen LogP contribution >= 0.6 is 0 Å².